The van der Waals surface area contributed by atoms with E-state index in [1.54, 1.807) is 0 Å². The third-order valence-corrected chi connectivity index (χ3v) is 13.4. The van der Waals surface area contributed by atoms with E-state index < -0.39 is 14.1 Å². The average molecular weight is 363 g/mol. The van der Waals surface area contributed by atoms with Crippen molar-refractivity contribution in [1.29, 1.82) is 0 Å². The van der Waals surface area contributed by atoms with Gasteiger partial charge in [-0.25, -0.2) is 0 Å². The molecule has 0 aromatic rings. The van der Waals surface area contributed by atoms with Crippen LogP contribution < -0.4 is 0 Å². The molecule has 0 bridgehead atoms. The monoisotopic (exact) mass is 362 g/mol. The van der Waals surface area contributed by atoms with Crippen LogP contribution in [0.2, 0.25) is 12.6 Å². The third-order valence-electron chi connectivity index (χ3n) is 4.42. The quantitative estimate of drug-likeness (QED) is 0.281. The lowest BCUT2D eigenvalue weighted by Gasteiger charge is -2.45. The van der Waals surface area contributed by atoms with Crippen LogP contribution >= 0.6 is 0 Å². The van der Waals surface area contributed by atoms with Gasteiger partial charge in [0.2, 0.25) is 0 Å². The van der Waals surface area contributed by atoms with Gasteiger partial charge >= 0.3 is 8.08 Å². The third kappa shape index (κ3) is 7.36. The first-order valence-corrected chi connectivity index (χ1v) is 15.5. The molecule has 0 N–H and O–H groups in total. The Balaban J connectivity index is 2.72. The fourth-order valence-corrected chi connectivity index (χ4v) is 9.78. The summed E-state index contributed by atoms with van der Waals surface area (Å²) in [6.07, 6.45) is 8.60. The van der Waals surface area contributed by atoms with Crippen molar-refractivity contribution in [1.82, 2.24) is 0 Å². The Hall–Kier alpha value is 0.274. The molecule has 0 aromatic heterocycles. The van der Waals surface area contributed by atoms with Crippen LogP contribution in [-0.4, -0.2) is 42.9 Å². The van der Waals surface area contributed by atoms with Crippen LogP contribution in [0.1, 0.15) is 72.1 Å². The predicted octanol–water partition coefficient (Wildman–Crippen LogP) is 4.06. The molecule has 1 aliphatic heterocycles. The zero-order valence-corrected chi connectivity index (χ0v) is 18.2. The zero-order chi connectivity index (χ0) is 17.0. The molecule has 0 saturated carbocycles. The topological polar surface area (TPSA) is 36.9 Å². The minimum atomic E-state index is -2.06. The standard InChI is InChI=1S/C17H38O4Si2/c1-5-8-13-18-17(19-14-9-6-2)12-11-16-23(21-17,22-4)20-15-10-7-3/h5-16,22H2,1-4H3. The molecule has 1 fully saturated rings. The Morgan fingerprint density at radius 1 is 0.957 bits per heavy atom. The van der Waals surface area contributed by atoms with Gasteiger partial charge in [0.1, 0.15) is 0 Å². The Morgan fingerprint density at radius 3 is 2.04 bits per heavy atom. The minimum absolute atomic E-state index is 0.358. The van der Waals surface area contributed by atoms with Crippen LogP contribution in [0.15, 0.2) is 0 Å². The van der Waals surface area contributed by atoms with E-state index in [2.05, 4.69) is 27.3 Å². The molecule has 0 aromatic carbocycles. The second kappa shape index (κ2) is 11.8. The van der Waals surface area contributed by atoms with Crippen LogP contribution in [0, 0.1) is 0 Å². The first kappa shape index (κ1) is 21.3. The smallest absolute Gasteiger partial charge is 0.313 e. The number of unbranched alkanes of at least 4 members (excludes halogenated alkanes) is 3. The number of hydrogen-bond acceptors (Lipinski definition) is 4. The Labute approximate surface area is 146 Å². The van der Waals surface area contributed by atoms with Crippen molar-refractivity contribution in [2.24, 2.45) is 0 Å². The molecule has 1 heterocycles. The molecular weight excluding hydrogens is 324 g/mol. The summed E-state index contributed by atoms with van der Waals surface area (Å²) in [5.74, 6) is -0.815. The van der Waals surface area contributed by atoms with Crippen LogP contribution in [0.4, 0.5) is 0 Å². The Bertz CT molecular complexity index is 294. The number of hydrogen-bond donors (Lipinski definition) is 0. The van der Waals surface area contributed by atoms with E-state index in [-0.39, 0.29) is 9.04 Å². The van der Waals surface area contributed by atoms with Crippen molar-refractivity contribution in [3.05, 3.63) is 0 Å². The van der Waals surface area contributed by atoms with E-state index in [0.29, 0.717) is 13.2 Å². The highest BCUT2D eigenvalue weighted by Gasteiger charge is 2.50. The maximum atomic E-state index is 6.58. The zero-order valence-electron chi connectivity index (χ0n) is 15.8. The van der Waals surface area contributed by atoms with E-state index >= 15 is 0 Å². The molecule has 0 aliphatic carbocycles. The average Bonchev–Trinajstić information content (AvgIpc) is 2.56. The highest BCUT2D eigenvalue weighted by molar-refractivity contribution is 7.17. The summed E-state index contributed by atoms with van der Waals surface area (Å²) in [7, 11) is -2.42. The largest absolute Gasteiger partial charge is 0.397 e. The van der Waals surface area contributed by atoms with E-state index in [0.717, 1.165) is 57.6 Å². The lowest BCUT2D eigenvalue weighted by Crippen LogP contribution is -2.59. The van der Waals surface area contributed by atoms with E-state index in [1.165, 1.54) is 6.42 Å². The summed E-state index contributed by atoms with van der Waals surface area (Å²) in [4.78, 5) is 0. The van der Waals surface area contributed by atoms with Gasteiger partial charge in [-0.2, -0.15) is 0 Å². The molecule has 4 nitrogen and oxygen atoms in total. The Kier molecular flexibility index (Phi) is 10.9. The van der Waals surface area contributed by atoms with Gasteiger partial charge in [0.05, 0.1) is 22.3 Å². The second-order valence-corrected chi connectivity index (χ2v) is 15.4. The van der Waals surface area contributed by atoms with Gasteiger partial charge in [0.15, 0.2) is 0 Å². The van der Waals surface area contributed by atoms with Crippen LogP contribution in [0.5, 0.6) is 0 Å². The lowest BCUT2D eigenvalue weighted by molar-refractivity contribution is -0.360. The van der Waals surface area contributed by atoms with Crippen LogP contribution in [0.25, 0.3) is 0 Å². The fraction of sp³-hybridized carbons (Fsp3) is 1.00. The van der Waals surface area contributed by atoms with Crippen LogP contribution in [-0.2, 0) is 18.3 Å². The molecule has 138 valence electrons. The molecule has 0 spiro atoms. The maximum absolute atomic E-state index is 6.58. The predicted molar refractivity (Wildman–Crippen MR) is 101 cm³/mol. The second-order valence-electron chi connectivity index (χ2n) is 6.51. The molecule has 1 atom stereocenters. The van der Waals surface area contributed by atoms with Crippen molar-refractivity contribution < 1.29 is 18.3 Å². The molecule has 1 aliphatic rings. The van der Waals surface area contributed by atoms with E-state index in [9.17, 15) is 0 Å². The van der Waals surface area contributed by atoms with Crippen molar-refractivity contribution in [3.8, 4) is 0 Å². The van der Waals surface area contributed by atoms with Gasteiger partial charge in [-0.3, -0.25) is 0 Å². The summed E-state index contributed by atoms with van der Waals surface area (Å²) in [6.45, 7) is 11.2. The highest BCUT2D eigenvalue weighted by atomic mass is 29.2. The van der Waals surface area contributed by atoms with Gasteiger partial charge in [0, 0.05) is 13.0 Å². The van der Waals surface area contributed by atoms with Crippen molar-refractivity contribution in [2.75, 3.05) is 19.8 Å². The van der Waals surface area contributed by atoms with Crippen molar-refractivity contribution in [2.45, 2.75) is 90.7 Å². The van der Waals surface area contributed by atoms with Gasteiger partial charge in [-0.1, -0.05) is 46.6 Å². The number of rotatable bonds is 13. The van der Waals surface area contributed by atoms with E-state index in [1.807, 2.05) is 0 Å². The van der Waals surface area contributed by atoms with Gasteiger partial charge < -0.3 is 18.3 Å². The van der Waals surface area contributed by atoms with Crippen molar-refractivity contribution in [3.63, 3.8) is 0 Å². The summed E-state index contributed by atoms with van der Waals surface area (Å²) >= 11 is 0. The molecule has 0 radical (unpaired) electrons. The SMILES string of the molecule is CCCCOC1(OCCCC)CCC[Si](OCCCC)([SiH2]C)O1. The summed E-state index contributed by atoms with van der Waals surface area (Å²) in [6, 6.07) is 1.12. The van der Waals surface area contributed by atoms with Gasteiger partial charge in [-0.15, -0.1) is 0 Å². The maximum Gasteiger partial charge on any atom is 0.313 e. The number of ether oxygens (including phenoxy) is 2. The molecular formula is C17H38O4Si2. The van der Waals surface area contributed by atoms with E-state index in [4.69, 9.17) is 18.3 Å². The molecule has 23 heavy (non-hydrogen) atoms. The summed E-state index contributed by atoms with van der Waals surface area (Å²) in [5, 5.41) is 0. The Morgan fingerprint density at radius 2 is 1.52 bits per heavy atom. The molecule has 6 heteroatoms. The molecule has 1 unspecified atom stereocenters. The normalized spacial score (nSPS) is 24.5. The minimum Gasteiger partial charge on any atom is -0.397 e. The van der Waals surface area contributed by atoms with Gasteiger partial charge in [-0.05, 0) is 31.7 Å². The van der Waals surface area contributed by atoms with Crippen LogP contribution in [0.3, 0.4) is 0 Å². The fourth-order valence-electron chi connectivity index (χ4n) is 2.80. The first-order valence-electron chi connectivity index (χ1n) is 9.78. The first-order chi connectivity index (χ1) is 11.2. The summed E-state index contributed by atoms with van der Waals surface area (Å²) in [5.41, 5.74) is 0. The molecule has 1 rings (SSSR count). The summed E-state index contributed by atoms with van der Waals surface area (Å²) < 4.78 is 25.2. The van der Waals surface area contributed by atoms with Crippen molar-refractivity contribution >= 4 is 17.1 Å². The van der Waals surface area contributed by atoms with Gasteiger partial charge in [0.25, 0.3) is 5.97 Å². The lowest BCUT2D eigenvalue weighted by atomic mass is 10.3. The molecule has 0 amide bonds. The molecule has 1 saturated heterocycles. The highest BCUT2D eigenvalue weighted by Crippen LogP contribution is 2.36.